The van der Waals surface area contributed by atoms with Crippen molar-refractivity contribution >= 4 is 105 Å². The predicted octanol–water partition coefficient (Wildman–Crippen LogP) is 8.61. The van der Waals surface area contributed by atoms with Gasteiger partial charge in [-0.1, -0.05) is 75.8 Å². The van der Waals surface area contributed by atoms with Gasteiger partial charge >= 0.3 is 0 Å². The number of hydrogen-bond donors (Lipinski definition) is 0. The first-order valence-electron chi connectivity index (χ1n) is 9.22. The van der Waals surface area contributed by atoms with Crippen LogP contribution in [0.3, 0.4) is 0 Å². The van der Waals surface area contributed by atoms with Gasteiger partial charge in [-0.25, -0.2) is 0 Å². The largest absolute Gasteiger partial charge is 0.486 e. The Morgan fingerprint density at radius 2 is 1.75 bits per heavy atom. The molecule has 3 aromatic rings. The van der Waals surface area contributed by atoms with Crippen LogP contribution in [0, 0.1) is 0 Å². The average molecular weight is 675 g/mol. The Labute approximate surface area is 225 Å². The molecular formula is C23H13Br3ClNO2S2. The highest BCUT2D eigenvalue weighted by Gasteiger charge is 2.33. The van der Waals surface area contributed by atoms with Crippen molar-refractivity contribution in [1.29, 1.82) is 0 Å². The summed E-state index contributed by atoms with van der Waals surface area (Å²) in [5.74, 6) is 0.508. The van der Waals surface area contributed by atoms with Gasteiger partial charge in [0.25, 0.3) is 5.91 Å². The summed E-state index contributed by atoms with van der Waals surface area (Å²) < 4.78 is 8.87. The molecule has 0 radical (unpaired) electrons. The van der Waals surface area contributed by atoms with Crippen molar-refractivity contribution in [2.45, 2.75) is 6.61 Å². The molecule has 1 aliphatic rings. The van der Waals surface area contributed by atoms with Gasteiger partial charge in [0.2, 0.25) is 0 Å². The summed E-state index contributed by atoms with van der Waals surface area (Å²) in [7, 11) is 0. The van der Waals surface area contributed by atoms with Crippen LogP contribution >= 0.6 is 83.4 Å². The van der Waals surface area contributed by atoms with E-state index in [2.05, 4.69) is 47.8 Å². The van der Waals surface area contributed by atoms with Crippen LogP contribution in [-0.2, 0) is 11.4 Å². The van der Waals surface area contributed by atoms with Crippen LogP contribution in [0.5, 0.6) is 5.75 Å². The topological polar surface area (TPSA) is 29.5 Å². The molecule has 1 amide bonds. The van der Waals surface area contributed by atoms with Gasteiger partial charge in [0.05, 0.1) is 19.5 Å². The summed E-state index contributed by atoms with van der Waals surface area (Å²) in [6.07, 6.45) is 1.82. The molecule has 0 unspecified atom stereocenters. The van der Waals surface area contributed by atoms with Crippen LogP contribution in [0.15, 0.2) is 79.0 Å². The first-order chi connectivity index (χ1) is 15.3. The molecule has 32 heavy (non-hydrogen) atoms. The van der Waals surface area contributed by atoms with Crippen molar-refractivity contribution in [3.8, 4) is 5.75 Å². The Hall–Kier alpha value is -1.16. The maximum Gasteiger partial charge on any atom is 0.270 e. The molecule has 0 spiro atoms. The molecule has 1 fully saturated rings. The summed E-state index contributed by atoms with van der Waals surface area (Å²) in [6, 6.07) is 18.9. The number of anilines is 1. The number of hydrogen-bond acceptors (Lipinski definition) is 4. The number of amides is 1. The van der Waals surface area contributed by atoms with Crippen molar-refractivity contribution in [2.75, 3.05) is 4.90 Å². The van der Waals surface area contributed by atoms with Crippen molar-refractivity contribution in [3.63, 3.8) is 0 Å². The number of carbonyl (C=O) groups is 1. The quantitative estimate of drug-likeness (QED) is 0.200. The lowest BCUT2D eigenvalue weighted by atomic mass is 10.2. The standard InChI is InChI=1S/C23H13Br3ClNO2S2/c24-15-5-3-6-16(11-15)28-22(29)20(32-23(28)31)10-13-8-17(25)21(18(26)9-13)30-12-14-4-1-2-7-19(14)27/h1-11H,12H2/b20-10+. The summed E-state index contributed by atoms with van der Waals surface area (Å²) in [5, 5.41) is 0.656. The van der Waals surface area contributed by atoms with Crippen LogP contribution < -0.4 is 9.64 Å². The third-order valence-electron chi connectivity index (χ3n) is 4.51. The van der Waals surface area contributed by atoms with E-state index in [1.807, 2.05) is 66.7 Å². The predicted molar refractivity (Wildman–Crippen MR) is 147 cm³/mol. The monoisotopic (exact) mass is 671 g/mol. The maximum absolute atomic E-state index is 13.0. The average Bonchev–Trinajstić information content (AvgIpc) is 3.01. The summed E-state index contributed by atoms with van der Waals surface area (Å²) in [5.41, 5.74) is 2.47. The second-order valence-electron chi connectivity index (χ2n) is 6.69. The minimum atomic E-state index is -0.149. The molecule has 0 bridgehead atoms. The first-order valence-corrected chi connectivity index (χ1v) is 13.2. The highest BCUT2D eigenvalue weighted by atomic mass is 79.9. The second-order valence-corrected chi connectivity index (χ2v) is 11.4. The number of halogens is 4. The number of thioether (sulfide) groups is 1. The van der Waals surface area contributed by atoms with Crippen LogP contribution in [0.25, 0.3) is 6.08 Å². The van der Waals surface area contributed by atoms with E-state index in [9.17, 15) is 4.79 Å². The molecule has 3 aromatic carbocycles. The van der Waals surface area contributed by atoms with E-state index in [1.54, 1.807) is 4.90 Å². The van der Waals surface area contributed by atoms with Gasteiger partial charge in [-0.15, -0.1) is 0 Å². The van der Waals surface area contributed by atoms with Crippen molar-refractivity contribution in [1.82, 2.24) is 0 Å². The fourth-order valence-electron chi connectivity index (χ4n) is 3.02. The van der Waals surface area contributed by atoms with Gasteiger partial charge in [0.1, 0.15) is 12.4 Å². The number of ether oxygens (including phenoxy) is 1. The summed E-state index contributed by atoms with van der Waals surface area (Å²) in [4.78, 5) is 15.1. The Kier molecular flexibility index (Phi) is 7.80. The molecular weight excluding hydrogens is 662 g/mol. The number of nitrogens with zero attached hydrogens (tertiary/aromatic N) is 1. The number of rotatable bonds is 5. The fourth-order valence-corrected chi connectivity index (χ4v) is 6.35. The van der Waals surface area contributed by atoms with Crippen molar-refractivity contribution in [2.24, 2.45) is 0 Å². The fraction of sp³-hybridized carbons (Fsp3) is 0.0435. The molecule has 0 atom stereocenters. The Morgan fingerprint density at radius 1 is 1.03 bits per heavy atom. The number of thiocarbonyl (C=S) groups is 1. The lowest BCUT2D eigenvalue weighted by molar-refractivity contribution is -0.113. The van der Waals surface area contributed by atoms with Crippen LogP contribution in [0.1, 0.15) is 11.1 Å². The molecule has 4 rings (SSSR count). The lowest BCUT2D eigenvalue weighted by Gasteiger charge is -2.14. The summed E-state index contributed by atoms with van der Waals surface area (Å²) in [6.45, 7) is 0.335. The molecule has 0 N–H and O–H groups in total. The molecule has 162 valence electrons. The van der Waals surface area contributed by atoms with E-state index in [1.165, 1.54) is 11.8 Å². The van der Waals surface area contributed by atoms with E-state index in [4.69, 9.17) is 28.6 Å². The maximum atomic E-state index is 13.0. The van der Waals surface area contributed by atoms with Crippen LogP contribution in [-0.4, -0.2) is 10.2 Å². The van der Waals surface area contributed by atoms with Crippen molar-refractivity contribution < 1.29 is 9.53 Å². The molecule has 0 saturated carbocycles. The third-order valence-corrected chi connectivity index (χ3v) is 7.85. The SMILES string of the molecule is O=C1/C(=C\c2cc(Br)c(OCc3ccccc3Cl)c(Br)c2)SC(=S)N1c1cccc(Br)c1. The zero-order valence-corrected chi connectivity index (χ0v) is 23.3. The van der Waals surface area contributed by atoms with E-state index < -0.39 is 0 Å². The van der Waals surface area contributed by atoms with Gasteiger partial charge < -0.3 is 4.74 Å². The lowest BCUT2D eigenvalue weighted by Crippen LogP contribution is -2.27. The zero-order valence-electron chi connectivity index (χ0n) is 16.2. The molecule has 1 heterocycles. The van der Waals surface area contributed by atoms with Gasteiger partial charge in [-0.3, -0.25) is 9.69 Å². The Balaban J connectivity index is 1.56. The molecule has 1 aliphatic heterocycles. The highest BCUT2D eigenvalue weighted by molar-refractivity contribution is 9.11. The highest BCUT2D eigenvalue weighted by Crippen LogP contribution is 2.40. The molecule has 0 aromatic heterocycles. The van der Waals surface area contributed by atoms with Gasteiger partial charge in [0, 0.05) is 15.1 Å². The molecule has 0 aliphatic carbocycles. The Bertz CT molecular complexity index is 1240. The normalized spacial score (nSPS) is 15.0. The Morgan fingerprint density at radius 3 is 2.44 bits per heavy atom. The van der Waals surface area contributed by atoms with Gasteiger partial charge in [-0.2, -0.15) is 0 Å². The van der Waals surface area contributed by atoms with Crippen LogP contribution in [0.4, 0.5) is 5.69 Å². The van der Waals surface area contributed by atoms with Gasteiger partial charge in [0.15, 0.2) is 4.32 Å². The second kappa shape index (κ2) is 10.4. The number of carbonyl (C=O) groups excluding carboxylic acids is 1. The smallest absolute Gasteiger partial charge is 0.270 e. The minimum Gasteiger partial charge on any atom is -0.486 e. The van der Waals surface area contributed by atoms with Crippen LogP contribution in [0.2, 0.25) is 5.02 Å². The van der Waals surface area contributed by atoms with Gasteiger partial charge in [-0.05, 0) is 79.9 Å². The molecule has 9 heteroatoms. The van der Waals surface area contributed by atoms with E-state index in [0.717, 1.165) is 30.2 Å². The zero-order chi connectivity index (χ0) is 22.8. The minimum absolute atomic E-state index is 0.149. The third kappa shape index (κ3) is 5.32. The van der Waals surface area contributed by atoms with Crippen molar-refractivity contribution in [3.05, 3.63) is 95.1 Å². The first kappa shape index (κ1) is 24.0. The van der Waals surface area contributed by atoms with E-state index in [-0.39, 0.29) is 5.91 Å². The molecule has 1 saturated heterocycles. The van der Waals surface area contributed by atoms with E-state index in [0.29, 0.717) is 26.6 Å². The number of benzene rings is 3. The summed E-state index contributed by atoms with van der Waals surface area (Å²) >= 11 is 23.5. The molecule has 3 nitrogen and oxygen atoms in total. The van der Waals surface area contributed by atoms with E-state index >= 15 is 0 Å².